The molecule has 3 aliphatic heterocycles. The maximum absolute atomic E-state index is 13.3. The summed E-state index contributed by atoms with van der Waals surface area (Å²) >= 11 is 0. The van der Waals surface area contributed by atoms with Crippen molar-refractivity contribution in [2.75, 3.05) is 46.0 Å². The summed E-state index contributed by atoms with van der Waals surface area (Å²) in [5, 5.41) is 0. The van der Waals surface area contributed by atoms with Gasteiger partial charge in [0.1, 0.15) is 17.8 Å². The van der Waals surface area contributed by atoms with Crippen LogP contribution in [0.25, 0.3) is 0 Å². The number of nitrogens with zero attached hydrogens (tertiary/aromatic N) is 4. The zero-order valence-electron chi connectivity index (χ0n) is 19.5. The van der Waals surface area contributed by atoms with Crippen LogP contribution in [0.5, 0.6) is 5.75 Å². The number of likely N-dealkylation sites (tertiary alicyclic amines) is 1. The zero-order chi connectivity index (χ0) is 22.6. The maximum atomic E-state index is 13.3. The van der Waals surface area contributed by atoms with Gasteiger partial charge in [0.15, 0.2) is 0 Å². The lowest BCUT2D eigenvalue weighted by Gasteiger charge is -2.40. The standard InChI is InChI=1S/C26H34N4O3/c1-19-23(7-6-20-16-21-4-2-3-5-24(21)33-17-20)27-18-28-25(19)26(31)30-10-8-22(9-11-30)29-12-14-32-15-13-29/h2-5,18,20,22H,6-17H2,1H3. The fourth-order valence-electron chi connectivity index (χ4n) is 5.40. The molecule has 1 unspecified atom stereocenters. The number of rotatable bonds is 5. The molecule has 5 rings (SSSR count). The molecule has 2 fully saturated rings. The Morgan fingerprint density at radius 2 is 1.88 bits per heavy atom. The summed E-state index contributed by atoms with van der Waals surface area (Å²) in [5.74, 6) is 1.52. The number of amides is 1. The average molecular weight is 451 g/mol. The van der Waals surface area contributed by atoms with Crippen LogP contribution in [0.1, 0.15) is 46.6 Å². The number of carbonyl (C=O) groups excluding carboxylic acids is 1. The van der Waals surface area contributed by atoms with E-state index < -0.39 is 0 Å². The molecule has 33 heavy (non-hydrogen) atoms. The van der Waals surface area contributed by atoms with Crippen molar-refractivity contribution in [3.8, 4) is 5.75 Å². The number of morpholine rings is 1. The first-order valence-corrected chi connectivity index (χ1v) is 12.3. The second-order valence-electron chi connectivity index (χ2n) is 9.49. The van der Waals surface area contributed by atoms with Crippen molar-refractivity contribution in [2.45, 2.75) is 45.1 Å². The van der Waals surface area contributed by atoms with Gasteiger partial charge in [-0.3, -0.25) is 9.69 Å². The number of piperidine rings is 1. The Balaban J connectivity index is 1.18. The molecule has 0 N–H and O–H groups in total. The molecule has 7 nitrogen and oxygen atoms in total. The van der Waals surface area contributed by atoms with Gasteiger partial charge in [0.2, 0.25) is 0 Å². The van der Waals surface area contributed by atoms with E-state index in [0.717, 1.165) is 95.1 Å². The minimum absolute atomic E-state index is 0.0477. The predicted molar refractivity (Wildman–Crippen MR) is 126 cm³/mol. The molecule has 2 saturated heterocycles. The molecule has 1 aromatic carbocycles. The summed E-state index contributed by atoms with van der Waals surface area (Å²) in [5.41, 5.74) is 3.75. The van der Waals surface area contributed by atoms with E-state index in [0.29, 0.717) is 17.7 Å². The van der Waals surface area contributed by atoms with Gasteiger partial charge in [-0.25, -0.2) is 9.97 Å². The van der Waals surface area contributed by atoms with E-state index >= 15 is 0 Å². The number of carbonyl (C=O) groups is 1. The Morgan fingerprint density at radius 3 is 2.70 bits per heavy atom. The molecular weight excluding hydrogens is 416 g/mol. The van der Waals surface area contributed by atoms with Crippen LogP contribution >= 0.6 is 0 Å². The molecule has 7 heteroatoms. The van der Waals surface area contributed by atoms with Gasteiger partial charge in [0.25, 0.3) is 5.91 Å². The first kappa shape index (κ1) is 22.3. The quantitative estimate of drug-likeness (QED) is 0.698. The van der Waals surface area contributed by atoms with Gasteiger partial charge in [0.05, 0.1) is 19.8 Å². The van der Waals surface area contributed by atoms with E-state index in [1.54, 1.807) is 6.33 Å². The fraction of sp³-hybridized carbons (Fsp3) is 0.577. The van der Waals surface area contributed by atoms with Gasteiger partial charge in [-0.1, -0.05) is 18.2 Å². The third-order valence-corrected chi connectivity index (χ3v) is 7.45. The molecule has 1 amide bonds. The SMILES string of the molecule is Cc1c(CCC2COc3ccccc3C2)ncnc1C(=O)N1CCC(N2CCOCC2)CC1. The number of para-hydroxylation sites is 1. The Labute approximate surface area is 196 Å². The van der Waals surface area contributed by atoms with E-state index in [2.05, 4.69) is 27.0 Å². The fourth-order valence-corrected chi connectivity index (χ4v) is 5.40. The number of aromatic nitrogens is 2. The number of ether oxygens (including phenoxy) is 2. The molecule has 176 valence electrons. The number of benzene rings is 1. The summed E-state index contributed by atoms with van der Waals surface area (Å²) in [4.78, 5) is 26.7. The number of aryl methyl sites for hydroxylation is 1. The summed E-state index contributed by atoms with van der Waals surface area (Å²) in [6, 6.07) is 8.84. The van der Waals surface area contributed by atoms with Crippen LogP contribution in [-0.4, -0.2) is 77.7 Å². The van der Waals surface area contributed by atoms with Gasteiger partial charge in [-0.2, -0.15) is 0 Å². The molecule has 2 aromatic rings. The second-order valence-corrected chi connectivity index (χ2v) is 9.49. The highest BCUT2D eigenvalue weighted by molar-refractivity contribution is 5.93. The van der Waals surface area contributed by atoms with Crippen LogP contribution in [0.2, 0.25) is 0 Å². The van der Waals surface area contributed by atoms with Crippen LogP contribution in [-0.2, 0) is 17.6 Å². The molecule has 0 aliphatic carbocycles. The van der Waals surface area contributed by atoms with Crippen LogP contribution in [0, 0.1) is 12.8 Å². The van der Waals surface area contributed by atoms with Gasteiger partial charge in [0, 0.05) is 43.5 Å². The molecular formula is C26H34N4O3. The van der Waals surface area contributed by atoms with E-state index in [1.165, 1.54) is 5.56 Å². The third-order valence-electron chi connectivity index (χ3n) is 7.45. The molecule has 3 aliphatic rings. The van der Waals surface area contributed by atoms with Crippen molar-refractivity contribution >= 4 is 5.91 Å². The normalized spacial score (nSPS) is 22.0. The van der Waals surface area contributed by atoms with Crippen molar-refractivity contribution in [2.24, 2.45) is 5.92 Å². The minimum Gasteiger partial charge on any atom is -0.493 e. The molecule has 1 aromatic heterocycles. The molecule has 0 spiro atoms. The highest BCUT2D eigenvalue weighted by Gasteiger charge is 2.30. The molecule has 4 heterocycles. The topological polar surface area (TPSA) is 67.8 Å². The Kier molecular flexibility index (Phi) is 6.88. The van der Waals surface area contributed by atoms with Gasteiger partial charge < -0.3 is 14.4 Å². The van der Waals surface area contributed by atoms with Crippen LogP contribution in [0.3, 0.4) is 0 Å². The van der Waals surface area contributed by atoms with Gasteiger partial charge in [-0.15, -0.1) is 0 Å². The average Bonchev–Trinajstić information content (AvgIpc) is 2.88. The molecule has 0 radical (unpaired) electrons. The second kappa shape index (κ2) is 10.2. The predicted octanol–water partition coefficient (Wildman–Crippen LogP) is 2.91. The van der Waals surface area contributed by atoms with Crippen LogP contribution in [0.15, 0.2) is 30.6 Å². The first-order chi connectivity index (χ1) is 16.2. The summed E-state index contributed by atoms with van der Waals surface area (Å²) in [6.07, 6.45) is 6.46. The minimum atomic E-state index is 0.0477. The highest BCUT2D eigenvalue weighted by atomic mass is 16.5. The summed E-state index contributed by atoms with van der Waals surface area (Å²) in [7, 11) is 0. The van der Waals surface area contributed by atoms with E-state index in [9.17, 15) is 4.79 Å². The summed E-state index contributed by atoms with van der Waals surface area (Å²) in [6.45, 7) is 7.97. The van der Waals surface area contributed by atoms with E-state index in [1.807, 2.05) is 24.0 Å². The van der Waals surface area contributed by atoms with Crippen molar-refractivity contribution in [3.05, 3.63) is 53.1 Å². The number of fused-ring (bicyclic) bond motifs is 1. The first-order valence-electron chi connectivity index (χ1n) is 12.3. The highest BCUT2D eigenvalue weighted by Crippen LogP contribution is 2.29. The van der Waals surface area contributed by atoms with Crippen molar-refractivity contribution in [1.82, 2.24) is 19.8 Å². The van der Waals surface area contributed by atoms with Crippen molar-refractivity contribution < 1.29 is 14.3 Å². The van der Waals surface area contributed by atoms with Crippen LogP contribution < -0.4 is 4.74 Å². The maximum Gasteiger partial charge on any atom is 0.272 e. The van der Waals surface area contributed by atoms with Crippen molar-refractivity contribution in [3.63, 3.8) is 0 Å². The number of hydrogen-bond acceptors (Lipinski definition) is 6. The smallest absolute Gasteiger partial charge is 0.272 e. The molecule has 1 atom stereocenters. The van der Waals surface area contributed by atoms with E-state index in [4.69, 9.17) is 9.47 Å². The van der Waals surface area contributed by atoms with Gasteiger partial charge >= 0.3 is 0 Å². The largest absolute Gasteiger partial charge is 0.493 e. The Hall–Kier alpha value is -2.51. The summed E-state index contributed by atoms with van der Waals surface area (Å²) < 4.78 is 11.4. The van der Waals surface area contributed by atoms with E-state index in [-0.39, 0.29) is 5.91 Å². The lowest BCUT2D eigenvalue weighted by molar-refractivity contribution is 0.00151. The zero-order valence-corrected chi connectivity index (χ0v) is 19.5. The van der Waals surface area contributed by atoms with Crippen LogP contribution in [0.4, 0.5) is 0 Å². The third kappa shape index (κ3) is 5.04. The monoisotopic (exact) mass is 450 g/mol. The number of hydrogen-bond donors (Lipinski definition) is 0. The lowest BCUT2D eigenvalue weighted by atomic mass is 9.91. The lowest BCUT2D eigenvalue weighted by Crippen LogP contribution is -2.50. The van der Waals surface area contributed by atoms with Gasteiger partial charge in [-0.05, 0) is 56.6 Å². The molecule has 0 saturated carbocycles. The van der Waals surface area contributed by atoms with Crippen molar-refractivity contribution in [1.29, 1.82) is 0 Å². The molecule has 0 bridgehead atoms. The Bertz CT molecular complexity index is 968. The Morgan fingerprint density at radius 1 is 1.09 bits per heavy atom.